The normalized spacial score (nSPS) is 20.9. The number of carbonyl (C=O) groups is 1. The SMILES string of the molecule is CN1CC2(CCCC2)c2cc(B3OC(C)(C)C(C)(C)O3)ccc21.CNc1ccc(CNC=O)cc1. The lowest BCUT2D eigenvalue weighted by atomic mass is 9.74. The van der Waals surface area contributed by atoms with Crippen LogP contribution in [0.2, 0.25) is 0 Å². The number of benzene rings is 2. The van der Waals surface area contributed by atoms with Crippen LogP contribution in [0.25, 0.3) is 0 Å². The molecule has 1 saturated heterocycles. The Morgan fingerprint density at radius 3 is 2.20 bits per heavy atom. The van der Waals surface area contributed by atoms with Gasteiger partial charge < -0.3 is 24.8 Å². The van der Waals surface area contributed by atoms with Crippen molar-refractivity contribution in [3.63, 3.8) is 0 Å². The minimum Gasteiger partial charge on any atom is -0.399 e. The maximum Gasteiger partial charge on any atom is 0.494 e. The van der Waals surface area contributed by atoms with Crippen LogP contribution in [0.5, 0.6) is 0 Å². The number of likely N-dealkylation sites (N-methyl/N-ethyl adjacent to an activating group) is 1. The fraction of sp³-hybridized carbons (Fsp3) is 0.536. The number of hydrogen-bond donors (Lipinski definition) is 2. The molecule has 6 nitrogen and oxygen atoms in total. The lowest BCUT2D eigenvalue weighted by Crippen LogP contribution is -2.41. The standard InChI is InChI=1S/C19H28BNO2.C9H12N2O/c1-17(2)18(3,4)23-20(22-17)14-8-9-16-15(12-14)19(13-21(16)5)10-6-7-11-19;1-10-9-4-2-8(3-5-9)6-11-7-12/h8-9,12H,6-7,10-11,13H2,1-5H3;2-5,7,10H,6H2,1H3,(H,11,12). The zero-order valence-corrected chi connectivity index (χ0v) is 22.1. The first-order valence-corrected chi connectivity index (χ1v) is 12.8. The van der Waals surface area contributed by atoms with Crippen LogP contribution >= 0.6 is 0 Å². The van der Waals surface area contributed by atoms with Gasteiger partial charge in [0.2, 0.25) is 6.41 Å². The summed E-state index contributed by atoms with van der Waals surface area (Å²) in [5.74, 6) is 0. The van der Waals surface area contributed by atoms with Gasteiger partial charge in [0.05, 0.1) is 11.2 Å². The van der Waals surface area contributed by atoms with E-state index in [0.717, 1.165) is 17.8 Å². The maximum atomic E-state index is 9.98. The molecule has 2 heterocycles. The second-order valence-corrected chi connectivity index (χ2v) is 11.2. The molecule has 0 radical (unpaired) electrons. The molecular formula is C28H40BN3O3. The number of anilines is 2. The monoisotopic (exact) mass is 477 g/mol. The van der Waals surface area contributed by atoms with Crippen LogP contribution in [0.3, 0.4) is 0 Å². The number of rotatable bonds is 5. The molecular weight excluding hydrogens is 437 g/mol. The van der Waals surface area contributed by atoms with Crippen LogP contribution in [-0.4, -0.2) is 45.4 Å². The van der Waals surface area contributed by atoms with Crippen molar-refractivity contribution in [2.75, 3.05) is 30.9 Å². The number of fused-ring (bicyclic) bond motifs is 2. The molecule has 0 atom stereocenters. The first-order valence-electron chi connectivity index (χ1n) is 12.8. The molecule has 2 aromatic rings. The second kappa shape index (κ2) is 9.86. The summed E-state index contributed by atoms with van der Waals surface area (Å²) >= 11 is 0. The van der Waals surface area contributed by atoms with Gasteiger partial charge >= 0.3 is 7.12 Å². The minimum absolute atomic E-state index is 0.255. The largest absolute Gasteiger partial charge is 0.494 e. The first kappa shape index (κ1) is 25.6. The summed E-state index contributed by atoms with van der Waals surface area (Å²) < 4.78 is 12.5. The summed E-state index contributed by atoms with van der Waals surface area (Å²) in [4.78, 5) is 12.4. The Morgan fingerprint density at radius 2 is 1.63 bits per heavy atom. The smallest absolute Gasteiger partial charge is 0.399 e. The zero-order chi connectivity index (χ0) is 25.3. The molecule has 5 rings (SSSR count). The van der Waals surface area contributed by atoms with Crippen molar-refractivity contribution < 1.29 is 14.1 Å². The van der Waals surface area contributed by atoms with Gasteiger partial charge in [0.25, 0.3) is 0 Å². The Kier molecular flexibility index (Phi) is 7.21. The predicted octanol–water partition coefficient (Wildman–Crippen LogP) is 4.22. The molecule has 1 aliphatic carbocycles. The van der Waals surface area contributed by atoms with Crippen LogP contribution in [0.15, 0.2) is 42.5 Å². The Labute approximate surface area is 210 Å². The number of nitrogens with zero attached hydrogens (tertiary/aromatic N) is 1. The van der Waals surface area contributed by atoms with E-state index in [-0.39, 0.29) is 18.3 Å². The lowest BCUT2D eigenvalue weighted by Gasteiger charge is -2.32. The summed E-state index contributed by atoms with van der Waals surface area (Å²) in [6.45, 7) is 10.2. The van der Waals surface area contributed by atoms with Crippen molar-refractivity contribution in [3.8, 4) is 0 Å². The van der Waals surface area contributed by atoms with E-state index in [1.54, 1.807) is 0 Å². The van der Waals surface area contributed by atoms with Crippen LogP contribution < -0.4 is 21.0 Å². The van der Waals surface area contributed by atoms with Crippen molar-refractivity contribution in [1.29, 1.82) is 0 Å². The molecule has 1 spiro atoms. The van der Waals surface area contributed by atoms with Gasteiger partial charge in [-0.25, -0.2) is 0 Å². The summed E-state index contributed by atoms with van der Waals surface area (Å²) in [5, 5.41) is 5.62. The Bertz CT molecular complexity index is 1020. The van der Waals surface area contributed by atoms with Crippen LogP contribution in [0.1, 0.15) is 64.5 Å². The molecule has 0 unspecified atom stereocenters. The van der Waals surface area contributed by atoms with Crippen LogP contribution in [-0.2, 0) is 26.1 Å². The fourth-order valence-corrected chi connectivity index (χ4v) is 5.49. The van der Waals surface area contributed by atoms with Crippen molar-refractivity contribution in [3.05, 3.63) is 53.6 Å². The van der Waals surface area contributed by atoms with E-state index in [0.29, 0.717) is 18.4 Å². The van der Waals surface area contributed by atoms with E-state index in [4.69, 9.17) is 9.31 Å². The van der Waals surface area contributed by atoms with Gasteiger partial charge in [-0.1, -0.05) is 37.1 Å². The van der Waals surface area contributed by atoms with Gasteiger partial charge in [0, 0.05) is 44.0 Å². The summed E-state index contributed by atoms with van der Waals surface area (Å²) in [6, 6.07) is 14.7. The average Bonchev–Trinajstić information content (AvgIpc) is 3.48. The van der Waals surface area contributed by atoms with Crippen molar-refractivity contribution >= 4 is 30.4 Å². The van der Waals surface area contributed by atoms with E-state index in [1.165, 1.54) is 42.4 Å². The third-order valence-corrected chi connectivity index (χ3v) is 8.26. The van der Waals surface area contributed by atoms with Crippen LogP contribution in [0, 0.1) is 0 Å². The van der Waals surface area contributed by atoms with E-state index in [9.17, 15) is 4.79 Å². The van der Waals surface area contributed by atoms with E-state index in [2.05, 4.69) is 68.5 Å². The lowest BCUT2D eigenvalue weighted by molar-refractivity contribution is -0.109. The molecule has 188 valence electrons. The fourth-order valence-electron chi connectivity index (χ4n) is 5.49. The summed E-state index contributed by atoms with van der Waals surface area (Å²) in [5.41, 5.74) is 6.06. The summed E-state index contributed by atoms with van der Waals surface area (Å²) in [6.07, 6.45) is 6.04. The van der Waals surface area contributed by atoms with Gasteiger partial charge in [-0.2, -0.15) is 0 Å². The molecule has 2 N–H and O–H groups in total. The van der Waals surface area contributed by atoms with Crippen molar-refractivity contribution in [2.24, 2.45) is 0 Å². The van der Waals surface area contributed by atoms with Crippen LogP contribution in [0.4, 0.5) is 11.4 Å². The highest BCUT2D eigenvalue weighted by Gasteiger charge is 2.52. The summed E-state index contributed by atoms with van der Waals surface area (Å²) in [7, 11) is 3.84. The highest BCUT2D eigenvalue weighted by atomic mass is 16.7. The van der Waals surface area contributed by atoms with Gasteiger partial charge in [0.1, 0.15) is 0 Å². The molecule has 0 aromatic heterocycles. The Morgan fingerprint density at radius 1 is 1.00 bits per heavy atom. The highest BCUT2D eigenvalue weighted by molar-refractivity contribution is 6.62. The molecule has 7 heteroatoms. The van der Waals surface area contributed by atoms with Crippen molar-refractivity contribution in [1.82, 2.24) is 5.32 Å². The number of hydrogen-bond acceptors (Lipinski definition) is 5. The Hall–Kier alpha value is -2.51. The molecule has 1 saturated carbocycles. The third kappa shape index (κ3) is 5.07. The number of amides is 1. The van der Waals surface area contributed by atoms with E-state index < -0.39 is 0 Å². The van der Waals surface area contributed by atoms with E-state index >= 15 is 0 Å². The molecule has 2 aliphatic heterocycles. The second-order valence-electron chi connectivity index (χ2n) is 11.2. The molecule has 0 bridgehead atoms. The minimum atomic E-state index is -0.279. The molecule has 2 aromatic carbocycles. The number of nitrogens with one attached hydrogen (secondary N) is 2. The molecule has 3 aliphatic rings. The Balaban J connectivity index is 0.000000204. The average molecular weight is 477 g/mol. The number of carbonyl (C=O) groups excluding carboxylic acids is 1. The molecule has 1 amide bonds. The zero-order valence-electron chi connectivity index (χ0n) is 22.1. The van der Waals surface area contributed by atoms with Gasteiger partial charge in [-0.05, 0) is 75.3 Å². The van der Waals surface area contributed by atoms with Crippen molar-refractivity contribution in [2.45, 2.75) is 76.5 Å². The predicted molar refractivity (Wildman–Crippen MR) is 144 cm³/mol. The quantitative estimate of drug-likeness (QED) is 0.499. The molecule has 2 fully saturated rings. The van der Waals surface area contributed by atoms with Gasteiger partial charge in [-0.15, -0.1) is 0 Å². The van der Waals surface area contributed by atoms with Gasteiger partial charge in [-0.3, -0.25) is 4.79 Å². The first-order chi connectivity index (χ1) is 16.6. The highest BCUT2D eigenvalue weighted by Crippen LogP contribution is 2.49. The third-order valence-electron chi connectivity index (χ3n) is 8.26. The maximum absolute atomic E-state index is 9.98. The topological polar surface area (TPSA) is 62.8 Å². The molecule has 35 heavy (non-hydrogen) atoms. The van der Waals surface area contributed by atoms with E-state index in [1.807, 2.05) is 31.3 Å². The van der Waals surface area contributed by atoms with Gasteiger partial charge in [0.15, 0.2) is 0 Å².